The van der Waals surface area contributed by atoms with Gasteiger partial charge in [0.15, 0.2) is 0 Å². The minimum atomic E-state index is -1.72. The van der Waals surface area contributed by atoms with Crippen molar-refractivity contribution in [3.8, 4) is 11.1 Å². The summed E-state index contributed by atoms with van der Waals surface area (Å²) in [5, 5.41) is 5.67. The molecular formula is C22H21N2O2Sn. The number of hydrogen-bond donors (Lipinski definition) is 2. The second-order valence-corrected chi connectivity index (χ2v) is 14.9. The Balaban J connectivity index is 2.09. The van der Waals surface area contributed by atoms with Gasteiger partial charge in [-0.3, -0.25) is 0 Å². The summed E-state index contributed by atoms with van der Waals surface area (Å²) in [6, 6.07) is 10.6. The first-order valence-corrected chi connectivity index (χ1v) is 16.4. The number of carbonyl (C=O) groups excluding carboxylic acids is 2. The molecule has 0 saturated heterocycles. The second kappa shape index (κ2) is 7.35. The van der Waals surface area contributed by atoms with Crippen LogP contribution in [0.4, 0.5) is 11.4 Å². The van der Waals surface area contributed by atoms with Crippen LogP contribution in [-0.2, 0) is 9.59 Å². The third-order valence-electron chi connectivity index (χ3n) is 5.31. The molecule has 0 saturated carbocycles. The topological polar surface area (TPSA) is 58.2 Å². The fourth-order valence-electron chi connectivity index (χ4n) is 4.32. The van der Waals surface area contributed by atoms with Crippen molar-refractivity contribution in [3.05, 3.63) is 65.3 Å². The summed E-state index contributed by atoms with van der Waals surface area (Å²) >= 11 is -1.72. The number of anilines is 2. The molecular weight excluding hydrogens is 443 g/mol. The van der Waals surface area contributed by atoms with Crippen molar-refractivity contribution in [3.63, 3.8) is 0 Å². The summed E-state index contributed by atoms with van der Waals surface area (Å²) in [5.74, 6) is 0. The number of nitrogens with one attached hydrogen (secondary N) is 2. The van der Waals surface area contributed by atoms with Crippen LogP contribution in [0.5, 0.6) is 0 Å². The molecule has 2 aromatic rings. The first kappa shape index (κ1) is 18.0. The van der Waals surface area contributed by atoms with E-state index in [0.717, 1.165) is 12.0 Å². The van der Waals surface area contributed by atoms with Gasteiger partial charge in [0.1, 0.15) is 0 Å². The zero-order valence-corrected chi connectivity index (χ0v) is 18.2. The summed E-state index contributed by atoms with van der Waals surface area (Å²) in [7, 11) is 0. The normalized spacial score (nSPS) is 16.7. The van der Waals surface area contributed by atoms with Crippen molar-refractivity contribution in [1.82, 2.24) is 0 Å². The number of benzene rings is 2. The molecule has 4 rings (SSSR count). The average molecular weight is 464 g/mol. The summed E-state index contributed by atoms with van der Waals surface area (Å²) < 4.78 is 0.438. The van der Waals surface area contributed by atoms with E-state index in [-0.39, 0.29) is 0 Å². The van der Waals surface area contributed by atoms with Gasteiger partial charge >= 0.3 is 166 Å². The fourth-order valence-corrected chi connectivity index (χ4v) is 9.32. The number of allylic oxidation sites excluding steroid dienone is 4. The summed E-state index contributed by atoms with van der Waals surface area (Å²) in [6.45, 7) is 0. The van der Waals surface area contributed by atoms with Crippen LogP contribution in [0.2, 0.25) is 9.88 Å². The summed E-state index contributed by atoms with van der Waals surface area (Å²) in [6.07, 6.45) is 8.49. The Labute approximate surface area is 166 Å². The van der Waals surface area contributed by atoms with Gasteiger partial charge in [-0.25, -0.2) is 0 Å². The molecule has 2 aliphatic carbocycles. The van der Waals surface area contributed by atoms with Crippen LogP contribution < -0.4 is 10.6 Å². The molecule has 2 aliphatic rings. The van der Waals surface area contributed by atoms with Gasteiger partial charge in [-0.1, -0.05) is 0 Å². The Kier molecular flexibility index (Phi) is 4.91. The molecule has 1 unspecified atom stereocenters. The van der Waals surface area contributed by atoms with Crippen molar-refractivity contribution in [2.75, 3.05) is 10.6 Å². The number of carbonyl (C=O) groups is 2. The monoisotopic (exact) mass is 465 g/mol. The molecule has 2 N–H and O–H groups in total. The van der Waals surface area contributed by atoms with E-state index in [9.17, 15) is 9.59 Å². The van der Waals surface area contributed by atoms with Gasteiger partial charge in [0.05, 0.1) is 0 Å². The van der Waals surface area contributed by atoms with E-state index in [1.54, 1.807) is 0 Å². The van der Waals surface area contributed by atoms with E-state index in [1.807, 2.05) is 6.07 Å². The van der Waals surface area contributed by atoms with E-state index >= 15 is 0 Å². The van der Waals surface area contributed by atoms with Gasteiger partial charge < -0.3 is 0 Å². The Bertz CT molecular complexity index is 992. The van der Waals surface area contributed by atoms with E-state index in [4.69, 9.17) is 0 Å². The molecule has 0 fully saturated rings. The van der Waals surface area contributed by atoms with Gasteiger partial charge in [-0.15, -0.1) is 0 Å². The third kappa shape index (κ3) is 2.92. The van der Waals surface area contributed by atoms with Crippen molar-refractivity contribution >= 4 is 49.5 Å². The van der Waals surface area contributed by atoms with Crippen LogP contribution in [0.25, 0.3) is 16.7 Å². The molecule has 1 atom stereocenters. The van der Waals surface area contributed by atoms with Gasteiger partial charge in [0.25, 0.3) is 0 Å². The number of hydrogen-bond acceptors (Lipinski definition) is 2. The molecule has 0 aromatic heterocycles. The molecule has 0 bridgehead atoms. The molecule has 135 valence electrons. The van der Waals surface area contributed by atoms with Crippen LogP contribution in [0.15, 0.2) is 48.6 Å². The molecule has 27 heavy (non-hydrogen) atoms. The summed E-state index contributed by atoms with van der Waals surface area (Å²) in [4.78, 5) is 27.5. The molecule has 0 aliphatic heterocycles. The van der Waals surface area contributed by atoms with Gasteiger partial charge in [-0.05, 0) is 0 Å². The first-order valence-electron chi connectivity index (χ1n) is 9.04. The molecule has 1 radical (unpaired) electrons. The second-order valence-electron chi connectivity index (χ2n) is 7.08. The van der Waals surface area contributed by atoms with Crippen molar-refractivity contribution in [2.24, 2.45) is 0 Å². The number of rotatable bonds is 6. The average Bonchev–Trinajstić information content (AvgIpc) is 3.29. The Morgan fingerprint density at radius 1 is 1.07 bits per heavy atom. The van der Waals surface area contributed by atoms with Crippen molar-refractivity contribution in [1.29, 1.82) is 0 Å². The number of fused-ring (bicyclic) bond motifs is 3. The molecule has 5 heteroatoms. The zero-order chi connectivity index (χ0) is 19.0. The van der Waals surface area contributed by atoms with E-state index in [0.29, 0.717) is 28.1 Å². The van der Waals surface area contributed by atoms with E-state index in [2.05, 4.69) is 63.0 Å². The third-order valence-corrected chi connectivity index (χ3v) is 10.3. The predicted octanol–water partition coefficient (Wildman–Crippen LogP) is 4.57. The van der Waals surface area contributed by atoms with E-state index in [1.165, 1.54) is 27.8 Å². The molecule has 2 amide bonds. The number of amides is 2. The Morgan fingerprint density at radius 3 is 2.52 bits per heavy atom. The summed E-state index contributed by atoms with van der Waals surface area (Å²) in [5.41, 5.74) is 8.76. The molecule has 4 nitrogen and oxygen atoms in total. The zero-order valence-electron chi connectivity index (χ0n) is 15.4. The van der Waals surface area contributed by atoms with Crippen LogP contribution in [0, 0.1) is 0 Å². The van der Waals surface area contributed by atoms with Crippen LogP contribution in [-0.4, -0.2) is 32.6 Å². The fraction of sp³-hybridized carbons (Fsp3) is 0.182. The standard InChI is InChI=1S/C20H15N2O2.2CH3.Sn/c23-11-21-18-10-16-15-8-4-3-7-14(15)9-17(16)19(20(18)22-12-24)13-5-1-2-6-13;;;/h1-5,7-12H,6H2,(H,21,23)(H,22,24);2*1H3;. The maximum absolute atomic E-state index is 11.4. The van der Waals surface area contributed by atoms with Gasteiger partial charge in [0, 0.05) is 0 Å². The Hall–Kier alpha value is -2.34. The van der Waals surface area contributed by atoms with Crippen molar-refractivity contribution in [2.45, 2.75) is 20.2 Å². The maximum atomic E-state index is 11.4. The van der Waals surface area contributed by atoms with Crippen LogP contribution in [0.3, 0.4) is 0 Å². The van der Waals surface area contributed by atoms with Crippen molar-refractivity contribution < 1.29 is 9.59 Å². The van der Waals surface area contributed by atoms with Gasteiger partial charge in [0.2, 0.25) is 0 Å². The SMILES string of the molecule is [CH3][Sn]([CH3])[CH]1c2ccccc2-c2cc(NC=O)c(NC=O)c(C3=CC=CC3)c21. The molecule has 0 heterocycles. The Morgan fingerprint density at radius 2 is 1.85 bits per heavy atom. The minimum absolute atomic E-state index is 0.438. The quantitative estimate of drug-likeness (QED) is 0.486. The van der Waals surface area contributed by atoms with Crippen LogP contribution >= 0.6 is 0 Å². The molecule has 0 spiro atoms. The van der Waals surface area contributed by atoms with E-state index < -0.39 is 19.8 Å². The first-order chi connectivity index (χ1) is 13.2. The van der Waals surface area contributed by atoms with Crippen LogP contribution in [0.1, 0.15) is 27.0 Å². The molecule has 2 aromatic carbocycles. The van der Waals surface area contributed by atoms with Gasteiger partial charge in [-0.2, -0.15) is 0 Å². The predicted molar refractivity (Wildman–Crippen MR) is 112 cm³/mol.